The van der Waals surface area contributed by atoms with Crippen LogP contribution in [0.4, 0.5) is 11.8 Å². The van der Waals surface area contributed by atoms with E-state index in [1.807, 2.05) is 6.07 Å². The number of anilines is 2. The normalized spacial score (nSPS) is 20.2. The van der Waals surface area contributed by atoms with E-state index in [1.54, 1.807) is 6.20 Å². The van der Waals surface area contributed by atoms with Crippen molar-refractivity contribution in [3.05, 3.63) is 12.3 Å². The van der Waals surface area contributed by atoms with E-state index >= 15 is 0 Å². The van der Waals surface area contributed by atoms with E-state index in [-0.39, 0.29) is 11.8 Å². The van der Waals surface area contributed by atoms with E-state index in [2.05, 4.69) is 38.9 Å². The zero-order valence-corrected chi connectivity index (χ0v) is 14.2. The van der Waals surface area contributed by atoms with E-state index in [0.29, 0.717) is 12.0 Å². The second-order valence-corrected chi connectivity index (χ2v) is 6.83. The molecule has 1 amide bonds. The molecule has 0 bridgehead atoms. The second-order valence-electron chi connectivity index (χ2n) is 6.83. The Morgan fingerprint density at radius 3 is 2.57 bits per heavy atom. The Morgan fingerprint density at radius 2 is 1.91 bits per heavy atom. The number of rotatable bonds is 4. The number of hydrogen-bond donors (Lipinski definition) is 1. The molecule has 1 aromatic rings. The van der Waals surface area contributed by atoms with Crippen molar-refractivity contribution in [1.29, 1.82) is 0 Å². The van der Waals surface area contributed by atoms with Crippen LogP contribution in [0.1, 0.15) is 39.5 Å². The number of amides is 1. The molecule has 1 saturated carbocycles. The number of hydrogen-bond acceptors (Lipinski definition) is 5. The van der Waals surface area contributed by atoms with Crippen LogP contribution in [0.5, 0.6) is 0 Å². The molecular formula is C17H27N5O. The van der Waals surface area contributed by atoms with Crippen molar-refractivity contribution in [3.8, 4) is 0 Å². The van der Waals surface area contributed by atoms with Gasteiger partial charge in [0.25, 0.3) is 0 Å². The molecule has 6 heteroatoms. The van der Waals surface area contributed by atoms with Gasteiger partial charge in [0, 0.05) is 44.3 Å². The third-order valence-corrected chi connectivity index (χ3v) is 4.97. The third kappa shape index (κ3) is 3.99. The highest BCUT2D eigenvalue weighted by atomic mass is 16.2. The summed E-state index contributed by atoms with van der Waals surface area (Å²) in [5.41, 5.74) is 0. The highest BCUT2D eigenvalue weighted by Gasteiger charge is 2.24. The van der Waals surface area contributed by atoms with Gasteiger partial charge in [-0.25, -0.2) is 4.98 Å². The van der Waals surface area contributed by atoms with Gasteiger partial charge < -0.3 is 4.90 Å². The van der Waals surface area contributed by atoms with Crippen molar-refractivity contribution in [1.82, 2.24) is 14.9 Å². The van der Waals surface area contributed by atoms with Crippen molar-refractivity contribution in [2.45, 2.75) is 45.6 Å². The van der Waals surface area contributed by atoms with E-state index in [0.717, 1.165) is 57.7 Å². The Kier molecular flexibility index (Phi) is 5.10. The number of nitrogens with zero attached hydrogens (tertiary/aromatic N) is 4. The molecule has 0 unspecified atom stereocenters. The SMILES string of the molecule is CC(C)N1CCN(c2ccnc(NC(=O)C3CCCC3)n2)CC1. The predicted molar refractivity (Wildman–Crippen MR) is 91.5 cm³/mol. The molecule has 1 aliphatic carbocycles. The summed E-state index contributed by atoms with van der Waals surface area (Å²) in [6, 6.07) is 2.51. The summed E-state index contributed by atoms with van der Waals surface area (Å²) in [7, 11) is 0. The van der Waals surface area contributed by atoms with E-state index in [4.69, 9.17) is 0 Å². The lowest BCUT2D eigenvalue weighted by Crippen LogP contribution is -2.49. The minimum Gasteiger partial charge on any atom is -0.354 e. The Hall–Kier alpha value is -1.69. The molecule has 2 aliphatic rings. The molecule has 0 spiro atoms. The number of piperazine rings is 1. The lowest BCUT2D eigenvalue weighted by atomic mass is 10.1. The number of nitrogens with one attached hydrogen (secondary N) is 1. The van der Waals surface area contributed by atoms with E-state index in [9.17, 15) is 4.79 Å². The number of carbonyl (C=O) groups is 1. The summed E-state index contributed by atoms with van der Waals surface area (Å²) in [5, 5.41) is 2.89. The summed E-state index contributed by atoms with van der Waals surface area (Å²) in [5.74, 6) is 1.55. The van der Waals surface area contributed by atoms with Crippen molar-refractivity contribution in [2.24, 2.45) is 5.92 Å². The van der Waals surface area contributed by atoms with Crippen LogP contribution in [0.25, 0.3) is 0 Å². The fraction of sp³-hybridized carbons (Fsp3) is 0.706. The van der Waals surface area contributed by atoms with Gasteiger partial charge in [0.15, 0.2) is 0 Å². The maximum Gasteiger partial charge on any atom is 0.231 e. The molecule has 2 heterocycles. The zero-order valence-electron chi connectivity index (χ0n) is 14.2. The van der Waals surface area contributed by atoms with Crippen LogP contribution >= 0.6 is 0 Å². The van der Waals surface area contributed by atoms with Crippen LogP contribution in [-0.4, -0.2) is 53.0 Å². The van der Waals surface area contributed by atoms with Crippen LogP contribution in [0.3, 0.4) is 0 Å². The average molecular weight is 317 g/mol. The van der Waals surface area contributed by atoms with Gasteiger partial charge in [-0.15, -0.1) is 0 Å². The highest BCUT2D eigenvalue weighted by Crippen LogP contribution is 2.25. The van der Waals surface area contributed by atoms with E-state index < -0.39 is 0 Å². The Morgan fingerprint density at radius 1 is 1.22 bits per heavy atom. The fourth-order valence-corrected chi connectivity index (χ4v) is 3.45. The number of aromatic nitrogens is 2. The monoisotopic (exact) mass is 317 g/mol. The summed E-state index contributed by atoms with van der Waals surface area (Å²) < 4.78 is 0. The first-order chi connectivity index (χ1) is 11.1. The van der Waals surface area contributed by atoms with Gasteiger partial charge in [0.1, 0.15) is 5.82 Å². The standard InChI is InChI=1S/C17H27N5O/c1-13(2)21-9-11-22(12-10-21)15-7-8-18-17(19-15)20-16(23)14-5-3-4-6-14/h7-8,13-14H,3-6,9-12H2,1-2H3,(H,18,19,20,23). The molecule has 3 rings (SSSR count). The lowest BCUT2D eigenvalue weighted by molar-refractivity contribution is -0.119. The summed E-state index contributed by atoms with van der Waals surface area (Å²) in [6.07, 6.45) is 6.02. The molecule has 0 aromatic carbocycles. The lowest BCUT2D eigenvalue weighted by Gasteiger charge is -2.37. The predicted octanol–water partition coefficient (Wildman–Crippen LogP) is 2.14. The van der Waals surface area contributed by atoms with Gasteiger partial charge in [0.2, 0.25) is 11.9 Å². The summed E-state index contributed by atoms with van der Waals surface area (Å²) in [4.78, 5) is 25.7. The first kappa shape index (κ1) is 16.2. The largest absolute Gasteiger partial charge is 0.354 e. The molecule has 6 nitrogen and oxygen atoms in total. The molecule has 1 N–H and O–H groups in total. The molecule has 0 atom stereocenters. The third-order valence-electron chi connectivity index (χ3n) is 4.97. The van der Waals surface area contributed by atoms with Crippen molar-refractivity contribution in [2.75, 3.05) is 36.4 Å². The van der Waals surface area contributed by atoms with E-state index in [1.165, 1.54) is 0 Å². The molecule has 23 heavy (non-hydrogen) atoms. The minimum absolute atomic E-state index is 0.0734. The van der Waals surface area contributed by atoms with Crippen LogP contribution < -0.4 is 10.2 Å². The Labute approximate surface area is 138 Å². The smallest absolute Gasteiger partial charge is 0.231 e. The highest BCUT2D eigenvalue weighted by molar-refractivity contribution is 5.91. The van der Waals surface area contributed by atoms with Gasteiger partial charge >= 0.3 is 0 Å². The van der Waals surface area contributed by atoms with Gasteiger partial charge in [0.05, 0.1) is 0 Å². The maximum atomic E-state index is 12.2. The molecule has 126 valence electrons. The zero-order chi connectivity index (χ0) is 16.2. The van der Waals surface area contributed by atoms with Crippen LogP contribution in [0.15, 0.2) is 12.3 Å². The summed E-state index contributed by atoms with van der Waals surface area (Å²) in [6.45, 7) is 8.49. The molecular weight excluding hydrogens is 290 g/mol. The minimum atomic E-state index is 0.0734. The molecule has 1 aliphatic heterocycles. The van der Waals surface area contributed by atoms with Crippen molar-refractivity contribution in [3.63, 3.8) is 0 Å². The Bertz CT molecular complexity index is 534. The molecule has 1 saturated heterocycles. The molecule has 0 radical (unpaired) electrons. The molecule has 2 fully saturated rings. The summed E-state index contributed by atoms with van der Waals surface area (Å²) >= 11 is 0. The van der Waals surface area contributed by atoms with Crippen LogP contribution in [-0.2, 0) is 4.79 Å². The molecule has 1 aromatic heterocycles. The number of carbonyl (C=O) groups excluding carboxylic acids is 1. The topological polar surface area (TPSA) is 61.4 Å². The quantitative estimate of drug-likeness (QED) is 0.922. The van der Waals surface area contributed by atoms with Gasteiger partial charge in [-0.1, -0.05) is 12.8 Å². The van der Waals surface area contributed by atoms with Crippen LogP contribution in [0.2, 0.25) is 0 Å². The second kappa shape index (κ2) is 7.25. The fourth-order valence-electron chi connectivity index (χ4n) is 3.45. The van der Waals surface area contributed by atoms with Gasteiger partial charge in [-0.2, -0.15) is 4.98 Å². The van der Waals surface area contributed by atoms with Crippen LogP contribution in [0, 0.1) is 5.92 Å². The average Bonchev–Trinajstić information content (AvgIpc) is 3.10. The maximum absolute atomic E-state index is 12.2. The van der Waals surface area contributed by atoms with Gasteiger partial charge in [-0.3, -0.25) is 15.0 Å². The van der Waals surface area contributed by atoms with Crippen molar-refractivity contribution < 1.29 is 4.79 Å². The van der Waals surface area contributed by atoms with Crippen molar-refractivity contribution >= 4 is 17.7 Å². The Balaban J connectivity index is 1.60. The first-order valence-corrected chi connectivity index (χ1v) is 8.76. The van der Waals surface area contributed by atoms with Gasteiger partial charge in [-0.05, 0) is 32.8 Å². The first-order valence-electron chi connectivity index (χ1n) is 8.76.